The molecule has 1 aliphatic rings. The Balaban J connectivity index is 2.43. The zero-order valence-corrected chi connectivity index (χ0v) is 12.4. The van der Waals surface area contributed by atoms with Crippen LogP contribution < -0.4 is 5.32 Å². The quantitative estimate of drug-likeness (QED) is 0.703. The first kappa shape index (κ1) is 16.0. The summed E-state index contributed by atoms with van der Waals surface area (Å²) >= 11 is 0. The summed E-state index contributed by atoms with van der Waals surface area (Å²) in [6, 6.07) is -0.369. The molecule has 1 aliphatic heterocycles. The highest BCUT2D eigenvalue weighted by molar-refractivity contribution is 5.94. The van der Waals surface area contributed by atoms with E-state index >= 15 is 0 Å². The second kappa shape index (κ2) is 7.48. The fraction of sp³-hybridized carbons (Fsp3) is 0.857. The second-order valence-electron chi connectivity index (χ2n) is 5.98. The Hall–Kier alpha value is -1.10. The maximum absolute atomic E-state index is 12.2. The Kier molecular flexibility index (Phi) is 6.28. The van der Waals surface area contributed by atoms with E-state index in [0.717, 1.165) is 0 Å². The summed E-state index contributed by atoms with van der Waals surface area (Å²) in [5.41, 5.74) is 0. The standard InChI is InChI=1S/C14H26N2O3/c1-10(2)7-12-14(18)16(8-13(17)15-12)5-6-19-9-11(3)4/h10-12H,5-9H2,1-4H3,(H,15,17). The molecule has 1 saturated heterocycles. The van der Waals surface area contributed by atoms with E-state index in [4.69, 9.17) is 4.74 Å². The molecule has 5 heteroatoms. The summed E-state index contributed by atoms with van der Waals surface area (Å²) in [6.45, 7) is 10.1. The first-order valence-corrected chi connectivity index (χ1v) is 7.06. The summed E-state index contributed by atoms with van der Waals surface area (Å²) in [5, 5.41) is 2.77. The van der Waals surface area contributed by atoms with E-state index in [-0.39, 0.29) is 24.4 Å². The van der Waals surface area contributed by atoms with Gasteiger partial charge in [0.05, 0.1) is 13.2 Å². The molecule has 0 aromatic heterocycles. The highest BCUT2D eigenvalue weighted by Gasteiger charge is 2.32. The van der Waals surface area contributed by atoms with Crippen LogP contribution in [0.1, 0.15) is 34.1 Å². The molecule has 19 heavy (non-hydrogen) atoms. The van der Waals surface area contributed by atoms with Gasteiger partial charge in [-0.1, -0.05) is 27.7 Å². The van der Waals surface area contributed by atoms with Crippen molar-refractivity contribution in [2.75, 3.05) is 26.3 Å². The lowest BCUT2D eigenvalue weighted by Crippen LogP contribution is -2.58. The molecule has 0 bridgehead atoms. The number of rotatable bonds is 7. The van der Waals surface area contributed by atoms with Crippen LogP contribution in [0.3, 0.4) is 0 Å². The van der Waals surface area contributed by atoms with E-state index in [0.29, 0.717) is 38.0 Å². The number of nitrogens with zero attached hydrogens (tertiary/aromatic N) is 1. The van der Waals surface area contributed by atoms with E-state index in [1.807, 2.05) is 13.8 Å². The van der Waals surface area contributed by atoms with Gasteiger partial charge in [0.2, 0.25) is 11.8 Å². The van der Waals surface area contributed by atoms with Crippen molar-refractivity contribution in [2.45, 2.75) is 40.2 Å². The minimum absolute atomic E-state index is 0.0152. The highest BCUT2D eigenvalue weighted by atomic mass is 16.5. The lowest BCUT2D eigenvalue weighted by atomic mass is 10.0. The number of hydrogen-bond donors (Lipinski definition) is 1. The van der Waals surface area contributed by atoms with E-state index in [2.05, 4.69) is 19.2 Å². The zero-order chi connectivity index (χ0) is 14.4. The Morgan fingerprint density at radius 2 is 1.95 bits per heavy atom. The van der Waals surface area contributed by atoms with Crippen LogP contribution in [0.25, 0.3) is 0 Å². The van der Waals surface area contributed by atoms with Crippen LogP contribution >= 0.6 is 0 Å². The molecular weight excluding hydrogens is 244 g/mol. The molecule has 2 amide bonds. The van der Waals surface area contributed by atoms with Crippen LogP contribution in [-0.4, -0.2) is 49.1 Å². The van der Waals surface area contributed by atoms with Crippen LogP contribution in [0.2, 0.25) is 0 Å². The number of carbonyl (C=O) groups is 2. The predicted octanol–water partition coefficient (Wildman–Crippen LogP) is 1.03. The van der Waals surface area contributed by atoms with Crippen LogP contribution in [0.4, 0.5) is 0 Å². The fourth-order valence-corrected chi connectivity index (χ4v) is 2.09. The van der Waals surface area contributed by atoms with Crippen molar-refractivity contribution in [2.24, 2.45) is 11.8 Å². The van der Waals surface area contributed by atoms with E-state index in [1.54, 1.807) is 4.90 Å². The zero-order valence-electron chi connectivity index (χ0n) is 12.4. The summed E-state index contributed by atoms with van der Waals surface area (Å²) < 4.78 is 5.47. The molecule has 0 aromatic carbocycles. The molecule has 1 rings (SSSR count). The van der Waals surface area contributed by atoms with Crippen molar-refractivity contribution < 1.29 is 14.3 Å². The summed E-state index contributed by atoms with van der Waals surface area (Å²) in [5.74, 6) is 0.802. The number of nitrogens with one attached hydrogen (secondary N) is 1. The van der Waals surface area contributed by atoms with Crippen molar-refractivity contribution in [3.05, 3.63) is 0 Å². The van der Waals surface area contributed by atoms with Crippen LogP contribution in [-0.2, 0) is 14.3 Å². The van der Waals surface area contributed by atoms with Crippen molar-refractivity contribution in [1.29, 1.82) is 0 Å². The Labute approximate surface area is 115 Å². The van der Waals surface area contributed by atoms with Gasteiger partial charge in [0.15, 0.2) is 0 Å². The van der Waals surface area contributed by atoms with Crippen LogP contribution in [0.5, 0.6) is 0 Å². The summed E-state index contributed by atoms with van der Waals surface area (Å²) in [6.07, 6.45) is 0.688. The van der Waals surface area contributed by atoms with Gasteiger partial charge in [-0.05, 0) is 18.3 Å². The third-order valence-corrected chi connectivity index (χ3v) is 2.94. The fourth-order valence-electron chi connectivity index (χ4n) is 2.09. The number of carbonyl (C=O) groups excluding carboxylic acids is 2. The van der Waals surface area contributed by atoms with Gasteiger partial charge in [-0.2, -0.15) is 0 Å². The maximum atomic E-state index is 12.2. The molecule has 0 aliphatic carbocycles. The molecule has 1 heterocycles. The molecule has 0 spiro atoms. The Bertz CT molecular complexity index is 316. The third kappa shape index (κ3) is 5.59. The molecule has 1 fully saturated rings. The molecule has 1 N–H and O–H groups in total. The first-order chi connectivity index (χ1) is 8.90. The number of piperazine rings is 1. The SMILES string of the molecule is CC(C)COCCN1CC(=O)NC(CC(C)C)C1=O. The maximum Gasteiger partial charge on any atom is 0.245 e. The molecular formula is C14H26N2O3. The topological polar surface area (TPSA) is 58.6 Å². The molecule has 5 nitrogen and oxygen atoms in total. The second-order valence-corrected chi connectivity index (χ2v) is 5.98. The van der Waals surface area contributed by atoms with Gasteiger partial charge >= 0.3 is 0 Å². The van der Waals surface area contributed by atoms with E-state index in [1.165, 1.54) is 0 Å². The van der Waals surface area contributed by atoms with Gasteiger partial charge < -0.3 is 15.0 Å². The van der Waals surface area contributed by atoms with E-state index in [9.17, 15) is 9.59 Å². The van der Waals surface area contributed by atoms with Crippen molar-refractivity contribution >= 4 is 11.8 Å². The summed E-state index contributed by atoms with van der Waals surface area (Å²) in [4.78, 5) is 25.4. The van der Waals surface area contributed by atoms with Gasteiger partial charge in [0, 0.05) is 13.2 Å². The average molecular weight is 270 g/mol. The molecule has 1 unspecified atom stereocenters. The molecule has 0 saturated carbocycles. The average Bonchev–Trinajstić information content (AvgIpc) is 2.29. The number of hydrogen-bond acceptors (Lipinski definition) is 3. The van der Waals surface area contributed by atoms with Crippen molar-refractivity contribution in [3.63, 3.8) is 0 Å². The largest absolute Gasteiger partial charge is 0.379 e. The minimum atomic E-state index is -0.369. The van der Waals surface area contributed by atoms with Gasteiger partial charge in [-0.15, -0.1) is 0 Å². The Morgan fingerprint density at radius 3 is 2.53 bits per heavy atom. The smallest absolute Gasteiger partial charge is 0.245 e. The van der Waals surface area contributed by atoms with Crippen LogP contribution in [0, 0.1) is 11.8 Å². The van der Waals surface area contributed by atoms with Gasteiger partial charge in [0.1, 0.15) is 6.04 Å². The first-order valence-electron chi connectivity index (χ1n) is 7.06. The summed E-state index contributed by atoms with van der Waals surface area (Å²) in [7, 11) is 0. The van der Waals surface area contributed by atoms with Crippen LogP contribution in [0.15, 0.2) is 0 Å². The monoisotopic (exact) mass is 270 g/mol. The number of ether oxygens (including phenoxy) is 1. The van der Waals surface area contributed by atoms with E-state index < -0.39 is 0 Å². The lowest BCUT2D eigenvalue weighted by Gasteiger charge is -2.33. The van der Waals surface area contributed by atoms with Crippen molar-refractivity contribution in [1.82, 2.24) is 10.2 Å². The normalized spacial score (nSPS) is 20.3. The molecule has 1 atom stereocenters. The van der Waals surface area contributed by atoms with Crippen molar-refractivity contribution in [3.8, 4) is 0 Å². The van der Waals surface area contributed by atoms with Gasteiger partial charge in [-0.3, -0.25) is 9.59 Å². The number of amides is 2. The lowest BCUT2D eigenvalue weighted by molar-refractivity contribution is -0.145. The third-order valence-electron chi connectivity index (χ3n) is 2.94. The minimum Gasteiger partial charge on any atom is -0.379 e. The predicted molar refractivity (Wildman–Crippen MR) is 73.6 cm³/mol. The highest BCUT2D eigenvalue weighted by Crippen LogP contribution is 2.11. The molecule has 0 radical (unpaired) electrons. The molecule has 0 aromatic rings. The Morgan fingerprint density at radius 1 is 1.26 bits per heavy atom. The van der Waals surface area contributed by atoms with Gasteiger partial charge in [-0.25, -0.2) is 0 Å². The van der Waals surface area contributed by atoms with Gasteiger partial charge in [0.25, 0.3) is 0 Å². The molecule has 110 valence electrons.